The standard InChI is InChI=1S/C21H26N6O/c1-16-7-9-19(10-8-16)27-21(22-23-24-27)26-13-11-25(12-14-26)17(2)18-5-4-6-20(15-18)28-3/h4-10,15,17H,11-14H2,1-3H3. The highest BCUT2D eigenvalue weighted by Crippen LogP contribution is 2.26. The molecule has 2 aromatic carbocycles. The minimum Gasteiger partial charge on any atom is -0.497 e. The van der Waals surface area contributed by atoms with Gasteiger partial charge in [-0.05, 0) is 54.1 Å². The van der Waals surface area contributed by atoms with Crippen molar-refractivity contribution in [1.82, 2.24) is 25.1 Å². The van der Waals surface area contributed by atoms with E-state index < -0.39 is 0 Å². The van der Waals surface area contributed by atoms with E-state index in [1.165, 1.54) is 11.1 Å². The van der Waals surface area contributed by atoms with Gasteiger partial charge in [-0.3, -0.25) is 4.90 Å². The smallest absolute Gasteiger partial charge is 0.250 e. The molecule has 0 radical (unpaired) electrons. The lowest BCUT2D eigenvalue weighted by molar-refractivity contribution is 0.197. The van der Waals surface area contributed by atoms with Gasteiger partial charge in [0.15, 0.2) is 0 Å². The van der Waals surface area contributed by atoms with Crippen LogP contribution < -0.4 is 9.64 Å². The van der Waals surface area contributed by atoms with Gasteiger partial charge >= 0.3 is 0 Å². The summed E-state index contributed by atoms with van der Waals surface area (Å²) in [6.07, 6.45) is 0. The molecular weight excluding hydrogens is 352 g/mol. The highest BCUT2D eigenvalue weighted by Gasteiger charge is 2.25. The Hall–Kier alpha value is -2.93. The molecule has 1 aliphatic heterocycles. The molecule has 0 N–H and O–H groups in total. The molecule has 1 fully saturated rings. The molecule has 28 heavy (non-hydrogen) atoms. The average molecular weight is 378 g/mol. The highest BCUT2D eigenvalue weighted by molar-refractivity contribution is 5.42. The third-order valence-corrected chi connectivity index (χ3v) is 5.45. The second-order valence-corrected chi connectivity index (χ2v) is 7.20. The SMILES string of the molecule is COc1cccc(C(C)N2CCN(c3nnnn3-c3ccc(C)cc3)CC2)c1. The van der Waals surface area contributed by atoms with Crippen LogP contribution >= 0.6 is 0 Å². The van der Waals surface area contributed by atoms with E-state index in [0.717, 1.165) is 43.6 Å². The first-order chi connectivity index (χ1) is 13.7. The van der Waals surface area contributed by atoms with E-state index >= 15 is 0 Å². The van der Waals surface area contributed by atoms with Crippen LogP contribution in [0.1, 0.15) is 24.1 Å². The molecule has 1 aromatic heterocycles. The Morgan fingerprint density at radius 2 is 1.75 bits per heavy atom. The Balaban J connectivity index is 1.45. The fourth-order valence-electron chi connectivity index (χ4n) is 3.65. The van der Waals surface area contributed by atoms with E-state index in [0.29, 0.717) is 6.04 Å². The van der Waals surface area contributed by atoms with Crippen LogP contribution in [0.2, 0.25) is 0 Å². The maximum atomic E-state index is 5.37. The number of aryl methyl sites for hydroxylation is 1. The first kappa shape index (κ1) is 18.4. The van der Waals surface area contributed by atoms with Crippen LogP contribution in [0.3, 0.4) is 0 Å². The Kier molecular flexibility index (Phi) is 5.25. The van der Waals surface area contributed by atoms with E-state index in [4.69, 9.17) is 4.74 Å². The molecule has 0 spiro atoms. The number of hydrogen-bond donors (Lipinski definition) is 0. The first-order valence-electron chi connectivity index (χ1n) is 9.64. The Morgan fingerprint density at radius 3 is 2.46 bits per heavy atom. The fraction of sp³-hybridized carbons (Fsp3) is 0.381. The van der Waals surface area contributed by atoms with Crippen molar-refractivity contribution in [2.24, 2.45) is 0 Å². The number of anilines is 1. The molecule has 3 aromatic rings. The van der Waals surface area contributed by atoms with Crippen molar-refractivity contribution < 1.29 is 4.74 Å². The Bertz CT molecular complexity index is 915. The van der Waals surface area contributed by atoms with Crippen LogP contribution in [0.25, 0.3) is 5.69 Å². The maximum absolute atomic E-state index is 5.37. The Labute approximate surface area is 165 Å². The van der Waals surface area contributed by atoms with Crippen LogP contribution in [-0.2, 0) is 0 Å². The normalized spacial score (nSPS) is 16.2. The minimum absolute atomic E-state index is 0.338. The predicted molar refractivity (Wildman–Crippen MR) is 109 cm³/mol. The average Bonchev–Trinajstić information content (AvgIpc) is 3.24. The molecular formula is C21H26N6O. The molecule has 7 nitrogen and oxygen atoms in total. The molecule has 1 saturated heterocycles. The molecule has 4 rings (SSSR count). The molecule has 7 heteroatoms. The zero-order valence-electron chi connectivity index (χ0n) is 16.6. The number of piperazine rings is 1. The number of ether oxygens (including phenoxy) is 1. The van der Waals surface area contributed by atoms with E-state index in [9.17, 15) is 0 Å². The van der Waals surface area contributed by atoms with Gasteiger partial charge in [-0.15, -0.1) is 0 Å². The second kappa shape index (κ2) is 7.98. The summed E-state index contributed by atoms with van der Waals surface area (Å²) >= 11 is 0. The van der Waals surface area contributed by atoms with Crippen LogP contribution in [0.15, 0.2) is 48.5 Å². The molecule has 0 saturated carbocycles. The summed E-state index contributed by atoms with van der Waals surface area (Å²) in [5, 5.41) is 12.4. The van der Waals surface area contributed by atoms with E-state index in [1.807, 2.05) is 10.7 Å². The molecule has 1 unspecified atom stereocenters. The summed E-state index contributed by atoms with van der Waals surface area (Å²) in [7, 11) is 1.71. The third-order valence-electron chi connectivity index (χ3n) is 5.45. The summed E-state index contributed by atoms with van der Waals surface area (Å²) in [5.41, 5.74) is 3.48. The lowest BCUT2D eigenvalue weighted by atomic mass is 10.1. The van der Waals surface area contributed by atoms with Gasteiger partial charge in [0.1, 0.15) is 5.75 Å². The number of tetrazole rings is 1. The monoisotopic (exact) mass is 378 g/mol. The molecule has 0 bridgehead atoms. The highest BCUT2D eigenvalue weighted by atomic mass is 16.5. The number of nitrogens with zero attached hydrogens (tertiary/aromatic N) is 6. The van der Waals surface area contributed by atoms with Crippen molar-refractivity contribution in [2.75, 3.05) is 38.2 Å². The zero-order chi connectivity index (χ0) is 19.5. The Morgan fingerprint density at radius 1 is 1.00 bits per heavy atom. The van der Waals surface area contributed by atoms with Crippen LogP contribution in [0.4, 0.5) is 5.95 Å². The molecule has 1 atom stereocenters. The topological polar surface area (TPSA) is 59.3 Å². The van der Waals surface area contributed by atoms with Gasteiger partial charge < -0.3 is 9.64 Å². The summed E-state index contributed by atoms with van der Waals surface area (Å²) in [6.45, 7) is 8.02. The number of rotatable bonds is 5. The van der Waals surface area contributed by atoms with Gasteiger partial charge in [0.2, 0.25) is 5.95 Å². The zero-order valence-corrected chi connectivity index (χ0v) is 16.6. The number of hydrogen-bond acceptors (Lipinski definition) is 6. The minimum atomic E-state index is 0.338. The maximum Gasteiger partial charge on any atom is 0.250 e. The van der Waals surface area contributed by atoms with Crippen molar-refractivity contribution in [2.45, 2.75) is 19.9 Å². The van der Waals surface area contributed by atoms with Crippen LogP contribution in [-0.4, -0.2) is 58.4 Å². The van der Waals surface area contributed by atoms with E-state index in [-0.39, 0.29) is 0 Å². The second-order valence-electron chi connectivity index (χ2n) is 7.20. The molecule has 0 aliphatic carbocycles. The predicted octanol–water partition coefficient (Wildman–Crippen LogP) is 2.86. The van der Waals surface area contributed by atoms with Crippen molar-refractivity contribution in [3.8, 4) is 11.4 Å². The fourth-order valence-corrected chi connectivity index (χ4v) is 3.65. The van der Waals surface area contributed by atoms with Crippen molar-refractivity contribution >= 4 is 5.95 Å². The number of benzene rings is 2. The van der Waals surface area contributed by atoms with Gasteiger partial charge in [-0.25, -0.2) is 0 Å². The van der Waals surface area contributed by atoms with Crippen LogP contribution in [0.5, 0.6) is 5.75 Å². The van der Waals surface area contributed by atoms with Crippen molar-refractivity contribution in [3.63, 3.8) is 0 Å². The van der Waals surface area contributed by atoms with Gasteiger partial charge in [0, 0.05) is 32.2 Å². The summed E-state index contributed by atoms with van der Waals surface area (Å²) in [4.78, 5) is 4.75. The molecule has 1 aliphatic rings. The van der Waals surface area contributed by atoms with E-state index in [2.05, 4.69) is 81.6 Å². The largest absolute Gasteiger partial charge is 0.497 e. The molecule has 146 valence electrons. The van der Waals surface area contributed by atoms with Crippen molar-refractivity contribution in [1.29, 1.82) is 0 Å². The number of methoxy groups -OCH3 is 1. The van der Waals surface area contributed by atoms with Gasteiger partial charge in [0.25, 0.3) is 0 Å². The number of aromatic nitrogens is 4. The quantitative estimate of drug-likeness (QED) is 0.680. The summed E-state index contributed by atoms with van der Waals surface area (Å²) in [6, 6.07) is 16.9. The molecule has 2 heterocycles. The summed E-state index contributed by atoms with van der Waals surface area (Å²) in [5.74, 6) is 1.71. The van der Waals surface area contributed by atoms with Crippen molar-refractivity contribution in [3.05, 3.63) is 59.7 Å². The summed E-state index contributed by atoms with van der Waals surface area (Å²) < 4.78 is 7.19. The van der Waals surface area contributed by atoms with E-state index in [1.54, 1.807) is 7.11 Å². The van der Waals surface area contributed by atoms with Gasteiger partial charge in [-0.2, -0.15) is 4.68 Å². The van der Waals surface area contributed by atoms with Gasteiger partial charge in [-0.1, -0.05) is 34.9 Å². The lowest BCUT2D eigenvalue weighted by Crippen LogP contribution is -2.48. The molecule has 0 amide bonds. The third kappa shape index (κ3) is 3.71. The van der Waals surface area contributed by atoms with Gasteiger partial charge in [0.05, 0.1) is 12.8 Å². The lowest BCUT2D eigenvalue weighted by Gasteiger charge is -2.38. The van der Waals surface area contributed by atoms with Crippen LogP contribution in [0, 0.1) is 6.92 Å². The first-order valence-corrected chi connectivity index (χ1v) is 9.64.